The van der Waals surface area contributed by atoms with Gasteiger partial charge in [0.15, 0.2) is 6.10 Å². The Hall–Kier alpha value is -3.09. The first kappa shape index (κ1) is 21.6. The summed E-state index contributed by atoms with van der Waals surface area (Å²) in [6.45, 7) is 6.37. The van der Waals surface area contributed by atoms with Crippen LogP contribution in [-0.2, 0) is 11.4 Å². The highest BCUT2D eigenvalue weighted by molar-refractivity contribution is 6.01. The number of hydrogen-bond acceptors (Lipinski definition) is 4. The summed E-state index contributed by atoms with van der Waals surface area (Å²) in [5.74, 6) is 0.445. The molecule has 160 valence electrons. The van der Waals surface area contributed by atoms with Gasteiger partial charge in [-0.1, -0.05) is 17.3 Å². The van der Waals surface area contributed by atoms with Crippen molar-refractivity contribution in [1.82, 2.24) is 10.2 Å². The minimum Gasteiger partial charge on any atom is -0.497 e. The Balaban J connectivity index is 1.69. The van der Waals surface area contributed by atoms with Crippen LogP contribution in [0.3, 0.4) is 0 Å². The number of amides is 2. The van der Waals surface area contributed by atoms with Gasteiger partial charge in [0, 0.05) is 18.5 Å². The van der Waals surface area contributed by atoms with Crippen molar-refractivity contribution in [1.29, 1.82) is 0 Å². The number of hydrogen-bond donors (Lipinski definition) is 1. The van der Waals surface area contributed by atoms with Crippen LogP contribution in [0.5, 0.6) is 5.75 Å². The lowest BCUT2D eigenvalue weighted by Crippen LogP contribution is -2.50. The number of benzene rings is 2. The van der Waals surface area contributed by atoms with E-state index in [9.17, 15) is 9.18 Å². The normalized spacial score (nSPS) is 15.9. The Labute approximate surface area is 176 Å². The fraction of sp³-hybridized carbons (Fsp3) is 0.391. The molecule has 1 N–H and O–H groups in total. The van der Waals surface area contributed by atoms with Crippen LogP contribution in [0.25, 0.3) is 0 Å². The number of carbonyl (C=O) groups is 1. The molecule has 1 unspecified atom stereocenters. The van der Waals surface area contributed by atoms with Gasteiger partial charge < -0.3 is 19.8 Å². The van der Waals surface area contributed by atoms with E-state index < -0.39 is 5.54 Å². The van der Waals surface area contributed by atoms with Crippen molar-refractivity contribution in [3.05, 3.63) is 65.5 Å². The lowest BCUT2D eigenvalue weighted by Gasteiger charge is -2.29. The summed E-state index contributed by atoms with van der Waals surface area (Å²) in [6, 6.07) is 13.6. The molecule has 0 bridgehead atoms. The second-order valence-electron chi connectivity index (χ2n) is 8.39. The van der Waals surface area contributed by atoms with Crippen LogP contribution in [0.4, 0.5) is 9.18 Å². The van der Waals surface area contributed by atoms with E-state index in [0.717, 1.165) is 17.0 Å². The molecule has 1 aliphatic heterocycles. The fourth-order valence-electron chi connectivity index (χ4n) is 3.20. The smallest absolute Gasteiger partial charge is 0.318 e. The topological polar surface area (TPSA) is 63.2 Å². The van der Waals surface area contributed by atoms with Gasteiger partial charge in [0.1, 0.15) is 11.6 Å². The number of methoxy groups -OCH3 is 1. The van der Waals surface area contributed by atoms with E-state index in [1.807, 2.05) is 45.0 Å². The molecule has 6 nitrogen and oxygen atoms in total. The number of halogens is 1. The summed E-state index contributed by atoms with van der Waals surface area (Å²) in [7, 11) is 1.62. The van der Waals surface area contributed by atoms with Crippen LogP contribution in [0.15, 0.2) is 53.7 Å². The van der Waals surface area contributed by atoms with Gasteiger partial charge >= 0.3 is 6.03 Å². The first-order valence-corrected chi connectivity index (χ1v) is 9.92. The third kappa shape index (κ3) is 5.95. The quantitative estimate of drug-likeness (QED) is 0.766. The SMILES string of the molecule is COc1ccc(C2=NOC(CN(Cc3cccc(F)c3)C(=O)NC(C)(C)C)C2)cc1. The molecule has 7 heteroatoms. The van der Waals surface area contributed by atoms with E-state index in [0.29, 0.717) is 18.5 Å². The fourth-order valence-corrected chi connectivity index (χ4v) is 3.20. The molecule has 0 spiro atoms. The van der Waals surface area contributed by atoms with Crippen LogP contribution in [-0.4, -0.2) is 41.9 Å². The molecule has 0 radical (unpaired) electrons. The third-order valence-corrected chi connectivity index (χ3v) is 4.61. The molecule has 0 aromatic heterocycles. The van der Waals surface area contributed by atoms with Crippen molar-refractivity contribution in [2.75, 3.05) is 13.7 Å². The molecule has 0 fully saturated rings. The van der Waals surface area contributed by atoms with Crippen molar-refractivity contribution in [3.8, 4) is 5.75 Å². The van der Waals surface area contributed by atoms with Gasteiger partial charge in [0.25, 0.3) is 0 Å². The molecular formula is C23H28FN3O3. The van der Waals surface area contributed by atoms with Crippen LogP contribution in [0.1, 0.15) is 38.3 Å². The maximum absolute atomic E-state index is 13.6. The van der Waals surface area contributed by atoms with E-state index in [2.05, 4.69) is 10.5 Å². The number of nitrogens with zero attached hydrogens (tertiary/aromatic N) is 2. The van der Waals surface area contributed by atoms with E-state index in [4.69, 9.17) is 9.57 Å². The second kappa shape index (κ2) is 9.15. The van der Waals surface area contributed by atoms with Gasteiger partial charge in [-0.2, -0.15) is 0 Å². The molecule has 0 saturated heterocycles. The van der Waals surface area contributed by atoms with Crippen molar-refractivity contribution >= 4 is 11.7 Å². The van der Waals surface area contributed by atoms with Crippen LogP contribution in [0.2, 0.25) is 0 Å². The van der Waals surface area contributed by atoms with Crippen molar-refractivity contribution in [3.63, 3.8) is 0 Å². The third-order valence-electron chi connectivity index (χ3n) is 4.61. The van der Waals surface area contributed by atoms with Crippen LogP contribution < -0.4 is 10.1 Å². The summed E-state index contributed by atoms with van der Waals surface area (Å²) in [4.78, 5) is 20.1. The highest BCUT2D eigenvalue weighted by atomic mass is 19.1. The zero-order chi connectivity index (χ0) is 21.7. The predicted octanol–water partition coefficient (Wildman–Crippen LogP) is 4.34. The summed E-state index contributed by atoms with van der Waals surface area (Å²) in [5, 5.41) is 7.18. The summed E-state index contributed by atoms with van der Waals surface area (Å²) in [6.07, 6.45) is 0.302. The Morgan fingerprint density at radius 1 is 1.27 bits per heavy atom. The van der Waals surface area contributed by atoms with E-state index >= 15 is 0 Å². The average Bonchev–Trinajstić information content (AvgIpc) is 3.15. The zero-order valence-corrected chi connectivity index (χ0v) is 17.8. The molecule has 2 aromatic rings. The Morgan fingerprint density at radius 3 is 2.63 bits per heavy atom. The number of ether oxygens (including phenoxy) is 1. The Morgan fingerprint density at radius 2 is 2.00 bits per heavy atom. The second-order valence-corrected chi connectivity index (χ2v) is 8.39. The van der Waals surface area contributed by atoms with Gasteiger partial charge in [-0.3, -0.25) is 0 Å². The summed E-state index contributed by atoms with van der Waals surface area (Å²) < 4.78 is 18.8. The molecule has 0 aliphatic carbocycles. The maximum Gasteiger partial charge on any atom is 0.318 e. The minimum atomic E-state index is -0.390. The predicted molar refractivity (Wildman–Crippen MR) is 114 cm³/mol. The molecule has 2 amide bonds. The highest BCUT2D eigenvalue weighted by Crippen LogP contribution is 2.21. The van der Waals surface area contributed by atoms with Crippen LogP contribution >= 0.6 is 0 Å². The molecule has 3 rings (SSSR count). The van der Waals surface area contributed by atoms with E-state index in [1.165, 1.54) is 12.1 Å². The first-order chi connectivity index (χ1) is 14.2. The lowest BCUT2D eigenvalue weighted by atomic mass is 10.0. The molecule has 0 saturated carbocycles. The lowest BCUT2D eigenvalue weighted by molar-refractivity contribution is 0.0580. The molecular weight excluding hydrogens is 385 g/mol. The van der Waals surface area contributed by atoms with Crippen molar-refractivity contribution < 1.29 is 18.8 Å². The van der Waals surface area contributed by atoms with Crippen molar-refractivity contribution in [2.45, 2.75) is 45.4 Å². The van der Waals surface area contributed by atoms with Crippen LogP contribution in [0, 0.1) is 5.82 Å². The number of nitrogens with one attached hydrogen (secondary N) is 1. The number of urea groups is 1. The first-order valence-electron chi connectivity index (χ1n) is 9.92. The van der Waals surface area contributed by atoms with Gasteiger partial charge in [0.2, 0.25) is 0 Å². The maximum atomic E-state index is 13.6. The van der Waals surface area contributed by atoms with Gasteiger partial charge in [0.05, 0.1) is 19.4 Å². The largest absolute Gasteiger partial charge is 0.497 e. The molecule has 1 heterocycles. The average molecular weight is 413 g/mol. The number of carbonyl (C=O) groups excluding carboxylic acids is 1. The molecule has 2 aromatic carbocycles. The monoisotopic (exact) mass is 413 g/mol. The van der Waals surface area contributed by atoms with Gasteiger partial charge in [-0.15, -0.1) is 0 Å². The minimum absolute atomic E-state index is 0.228. The highest BCUT2D eigenvalue weighted by Gasteiger charge is 2.28. The van der Waals surface area contributed by atoms with Crippen molar-refractivity contribution in [2.24, 2.45) is 5.16 Å². The van der Waals surface area contributed by atoms with Gasteiger partial charge in [-0.25, -0.2) is 9.18 Å². The molecule has 1 atom stereocenters. The number of rotatable bonds is 6. The van der Waals surface area contributed by atoms with E-state index in [-0.39, 0.29) is 24.5 Å². The standard InChI is InChI=1S/C23H28FN3O3/c1-23(2,3)25-22(28)27(14-16-6-5-7-18(24)12-16)15-20-13-21(26-30-20)17-8-10-19(29-4)11-9-17/h5-12,20H,13-15H2,1-4H3,(H,25,28). The summed E-state index contributed by atoms with van der Waals surface area (Å²) >= 11 is 0. The van der Waals surface area contributed by atoms with E-state index in [1.54, 1.807) is 24.1 Å². The number of oxime groups is 1. The summed E-state index contributed by atoms with van der Waals surface area (Å²) in [5.41, 5.74) is 2.10. The van der Waals surface area contributed by atoms with Gasteiger partial charge in [-0.05, 0) is 68.3 Å². The molecule has 30 heavy (non-hydrogen) atoms. The Kier molecular flexibility index (Phi) is 6.59. The molecule has 1 aliphatic rings. The Bertz CT molecular complexity index is 907. The zero-order valence-electron chi connectivity index (χ0n) is 17.8.